The Balaban J connectivity index is 1.82. The summed E-state index contributed by atoms with van der Waals surface area (Å²) in [5.41, 5.74) is 1.38. The van der Waals surface area contributed by atoms with Crippen LogP contribution < -0.4 is 10.1 Å². The van der Waals surface area contributed by atoms with Crippen molar-refractivity contribution >= 4 is 39.9 Å². The van der Waals surface area contributed by atoms with Crippen LogP contribution in [0.4, 0.5) is 5.13 Å². The van der Waals surface area contributed by atoms with Gasteiger partial charge in [0.25, 0.3) is 5.91 Å². The second kappa shape index (κ2) is 6.78. The van der Waals surface area contributed by atoms with E-state index in [4.69, 9.17) is 16.3 Å². The van der Waals surface area contributed by atoms with Crippen molar-refractivity contribution < 1.29 is 14.3 Å². The van der Waals surface area contributed by atoms with Crippen LogP contribution in [0.15, 0.2) is 18.2 Å². The van der Waals surface area contributed by atoms with Crippen molar-refractivity contribution in [2.24, 2.45) is 0 Å². The van der Waals surface area contributed by atoms with E-state index >= 15 is 0 Å². The summed E-state index contributed by atoms with van der Waals surface area (Å²) in [5.74, 6) is 0.214. The first-order valence-corrected chi connectivity index (χ1v) is 8.56. The molecule has 1 N–H and O–H groups in total. The highest BCUT2D eigenvalue weighted by Gasteiger charge is 2.27. The second-order valence-electron chi connectivity index (χ2n) is 5.39. The molecular weight excluding hydrogens is 350 g/mol. The van der Waals surface area contributed by atoms with E-state index in [1.165, 1.54) is 25.4 Å². The van der Waals surface area contributed by atoms with Gasteiger partial charge >= 0.3 is 0 Å². The molecule has 0 fully saturated rings. The van der Waals surface area contributed by atoms with Gasteiger partial charge in [-0.05, 0) is 18.2 Å². The van der Waals surface area contributed by atoms with Gasteiger partial charge in [0.05, 0.1) is 24.9 Å². The molecule has 0 aliphatic carbocycles. The van der Waals surface area contributed by atoms with Crippen LogP contribution in [0.2, 0.25) is 5.02 Å². The van der Waals surface area contributed by atoms with Crippen molar-refractivity contribution in [1.82, 2.24) is 9.88 Å². The fourth-order valence-corrected chi connectivity index (χ4v) is 3.83. The average molecular weight is 366 g/mol. The number of fused-ring (bicyclic) bond motifs is 1. The van der Waals surface area contributed by atoms with Crippen LogP contribution in [0.25, 0.3) is 0 Å². The number of carbonyl (C=O) groups excluding carboxylic acids is 2. The van der Waals surface area contributed by atoms with E-state index in [-0.39, 0.29) is 11.8 Å². The number of rotatable bonds is 3. The summed E-state index contributed by atoms with van der Waals surface area (Å²) in [6.45, 7) is 2.47. The largest absolute Gasteiger partial charge is 0.496 e. The van der Waals surface area contributed by atoms with Gasteiger partial charge in [-0.15, -0.1) is 0 Å². The number of aromatic nitrogens is 1. The monoisotopic (exact) mass is 365 g/mol. The molecule has 2 amide bonds. The lowest BCUT2D eigenvalue weighted by Crippen LogP contribution is -2.35. The van der Waals surface area contributed by atoms with Crippen molar-refractivity contribution in [3.63, 3.8) is 0 Å². The van der Waals surface area contributed by atoms with Gasteiger partial charge in [-0.3, -0.25) is 9.59 Å². The number of hydrogen-bond donors (Lipinski definition) is 1. The van der Waals surface area contributed by atoms with Crippen LogP contribution in [-0.4, -0.2) is 35.4 Å². The molecule has 2 heterocycles. The molecule has 8 heteroatoms. The van der Waals surface area contributed by atoms with Gasteiger partial charge < -0.3 is 15.0 Å². The number of carbonyl (C=O) groups is 2. The quantitative estimate of drug-likeness (QED) is 0.907. The van der Waals surface area contributed by atoms with E-state index in [1.807, 2.05) is 0 Å². The maximum atomic E-state index is 12.8. The first-order chi connectivity index (χ1) is 11.5. The third-order valence-electron chi connectivity index (χ3n) is 3.69. The number of nitrogens with one attached hydrogen (secondary N) is 1. The van der Waals surface area contributed by atoms with Gasteiger partial charge in [-0.1, -0.05) is 22.9 Å². The molecule has 126 valence electrons. The Morgan fingerprint density at radius 3 is 2.92 bits per heavy atom. The molecule has 2 aromatic rings. The highest BCUT2D eigenvalue weighted by molar-refractivity contribution is 7.15. The number of amides is 2. The Hall–Kier alpha value is -2.12. The predicted molar refractivity (Wildman–Crippen MR) is 92.9 cm³/mol. The fraction of sp³-hybridized carbons (Fsp3) is 0.312. The standard InChI is InChI=1S/C16H16ClN3O3S/c1-9(21)18-16-19-12-5-6-20(8-14(12)24-16)15(22)11-7-10(17)3-4-13(11)23-2/h3-4,7H,5-6,8H2,1-2H3,(H,18,19,21). The fourth-order valence-electron chi connectivity index (χ4n) is 2.59. The van der Waals surface area contributed by atoms with Gasteiger partial charge in [-0.25, -0.2) is 4.98 Å². The predicted octanol–water partition coefficient (Wildman–Crippen LogP) is 2.96. The summed E-state index contributed by atoms with van der Waals surface area (Å²) >= 11 is 7.41. The van der Waals surface area contributed by atoms with Crippen LogP contribution in [0.1, 0.15) is 27.9 Å². The molecule has 6 nitrogen and oxygen atoms in total. The number of nitrogens with zero attached hydrogens (tertiary/aromatic N) is 2. The van der Waals surface area contributed by atoms with E-state index in [0.29, 0.717) is 41.0 Å². The molecule has 0 spiro atoms. The number of hydrogen-bond acceptors (Lipinski definition) is 5. The second-order valence-corrected chi connectivity index (χ2v) is 6.91. The number of anilines is 1. The van der Waals surface area contributed by atoms with Gasteiger partial charge in [0.2, 0.25) is 5.91 Å². The summed E-state index contributed by atoms with van der Waals surface area (Å²) in [6.07, 6.45) is 0.653. The smallest absolute Gasteiger partial charge is 0.258 e. The molecule has 1 aromatic heterocycles. The van der Waals surface area contributed by atoms with Crippen molar-refractivity contribution in [2.45, 2.75) is 19.9 Å². The van der Waals surface area contributed by atoms with Gasteiger partial charge in [0.15, 0.2) is 5.13 Å². The lowest BCUT2D eigenvalue weighted by molar-refractivity contribution is -0.114. The molecular formula is C16H16ClN3O3S. The molecule has 0 unspecified atom stereocenters. The molecule has 3 rings (SSSR count). The van der Waals surface area contributed by atoms with Gasteiger partial charge in [0, 0.05) is 29.8 Å². The molecule has 1 aromatic carbocycles. The number of benzene rings is 1. The average Bonchev–Trinajstić information content (AvgIpc) is 2.94. The van der Waals surface area contributed by atoms with Crippen molar-refractivity contribution in [2.75, 3.05) is 19.0 Å². The minimum atomic E-state index is -0.155. The Kier molecular flexibility index (Phi) is 4.73. The third kappa shape index (κ3) is 3.37. The normalized spacial score (nSPS) is 13.4. The Morgan fingerprint density at radius 2 is 2.21 bits per heavy atom. The summed E-state index contributed by atoms with van der Waals surface area (Å²) in [5, 5.41) is 3.75. The number of thiazole rings is 1. The van der Waals surface area contributed by atoms with Crippen LogP contribution in [-0.2, 0) is 17.8 Å². The van der Waals surface area contributed by atoms with Crippen LogP contribution >= 0.6 is 22.9 Å². The van der Waals surface area contributed by atoms with Crippen LogP contribution in [0.3, 0.4) is 0 Å². The first-order valence-electron chi connectivity index (χ1n) is 7.37. The van der Waals surface area contributed by atoms with E-state index in [9.17, 15) is 9.59 Å². The minimum absolute atomic E-state index is 0.130. The first kappa shape index (κ1) is 16.7. The molecule has 24 heavy (non-hydrogen) atoms. The molecule has 0 radical (unpaired) electrons. The topological polar surface area (TPSA) is 71.5 Å². The molecule has 1 aliphatic heterocycles. The van der Waals surface area contributed by atoms with Crippen molar-refractivity contribution in [1.29, 1.82) is 0 Å². The maximum absolute atomic E-state index is 12.8. The van der Waals surface area contributed by atoms with E-state index in [0.717, 1.165) is 10.6 Å². The summed E-state index contributed by atoms with van der Waals surface area (Å²) < 4.78 is 5.27. The molecule has 0 bridgehead atoms. The van der Waals surface area contributed by atoms with Crippen LogP contribution in [0.5, 0.6) is 5.75 Å². The lowest BCUT2D eigenvalue weighted by Gasteiger charge is -2.26. The van der Waals surface area contributed by atoms with Crippen molar-refractivity contribution in [3.05, 3.63) is 39.4 Å². The third-order valence-corrected chi connectivity index (χ3v) is 4.93. The molecule has 0 saturated heterocycles. The van der Waals surface area contributed by atoms with Crippen molar-refractivity contribution in [3.8, 4) is 5.75 Å². The van der Waals surface area contributed by atoms with E-state index in [1.54, 1.807) is 23.1 Å². The highest BCUT2D eigenvalue weighted by atomic mass is 35.5. The Morgan fingerprint density at radius 1 is 1.42 bits per heavy atom. The summed E-state index contributed by atoms with van der Waals surface area (Å²) in [4.78, 5) is 31.1. The summed E-state index contributed by atoms with van der Waals surface area (Å²) in [7, 11) is 1.53. The maximum Gasteiger partial charge on any atom is 0.258 e. The van der Waals surface area contributed by atoms with E-state index < -0.39 is 0 Å². The van der Waals surface area contributed by atoms with Gasteiger partial charge in [0.1, 0.15) is 5.75 Å². The van der Waals surface area contributed by atoms with E-state index in [2.05, 4.69) is 10.3 Å². The Bertz CT molecular complexity index is 806. The van der Waals surface area contributed by atoms with Gasteiger partial charge in [-0.2, -0.15) is 0 Å². The number of methoxy groups -OCH3 is 1. The highest BCUT2D eigenvalue weighted by Crippen LogP contribution is 2.31. The minimum Gasteiger partial charge on any atom is -0.496 e. The molecule has 0 saturated carbocycles. The lowest BCUT2D eigenvalue weighted by atomic mass is 10.1. The summed E-state index contributed by atoms with van der Waals surface area (Å²) in [6, 6.07) is 4.99. The zero-order valence-corrected chi connectivity index (χ0v) is 14.8. The molecule has 1 aliphatic rings. The number of ether oxygens (including phenoxy) is 1. The number of halogens is 1. The molecule has 0 atom stereocenters. The van der Waals surface area contributed by atoms with Crippen LogP contribution in [0, 0.1) is 0 Å². The SMILES string of the molecule is COc1ccc(Cl)cc1C(=O)N1CCc2nc(NC(C)=O)sc2C1. The zero-order chi connectivity index (χ0) is 17.3. The Labute approximate surface area is 148 Å². The zero-order valence-electron chi connectivity index (χ0n) is 13.3.